The van der Waals surface area contributed by atoms with Gasteiger partial charge in [-0.1, -0.05) is 43.7 Å². The number of imide groups is 1. The average Bonchev–Trinajstić information content (AvgIpc) is 2.70. The minimum absolute atomic E-state index is 0.119. The molecule has 1 fully saturated rings. The zero-order chi connectivity index (χ0) is 19.5. The summed E-state index contributed by atoms with van der Waals surface area (Å²) in [6.45, 7) is 3.35. The number of nitrogens with one attached hydrogen (secondary N) is 1. The number of aryl methyl sites for hydroxylation is 1. The second kappa shape index (κ2) is 11.7. The number of rotatable bonds is 9. The molecular formula is C21H32N2O4. The van der Waals surface area contributed by atoms with Crippen molar-refractivity contribution >= 4 is 11.9 Å². The van der Waals surface area contributed by atoms with Gasteiger partial charge in [-0.25, -0.2) is 4.79 Å². The molecule has 1 heterocycles. The maximum Gasteiger partial charge on any atom is 0.324 e. The molecule has 27 heavy (non-hydrogen) atoms. The molecule has 1 aliphatic heterocycles. The molecule has 0 aliphatic carbocycles. The number of hydrogen-bond acceptors (Lipinski definition) is 4. The van der Waals surface area contributed by atoms with Crippen LogP contribution in [0.4, 0.5) is 4.79 Å². The molecule has 6 heteroatoms. The van der Waals surface area contributed by atoms with Gasteiger partial charge in [-0.2, -0.15) is 0 Å². The van der Waals surface area contributed by atoms with Crippen LogP contribution in [-0.2, 0) is 20.7 Å². The maximum atomic E-state index is 12.3. The number of nitrogens with zero attached hydrogens (tertiary/aromatic N) is 1. The third-order valence-corrected chi connectivity index (χ3v) is 5.02. The second-order valence-electron chi connectivity index (χ2n) is 7.19. The van der Waals surface area contributed by atoms with Gasteiger partial charge in [-0.15, -0.1) is 0 Å². The van der Waals surface area contributed by atoms with Crippen LogP contribution in [0.1, 0.15) is 44.6 Å². The summed E-state index contributed by atoms with van der Waals surface area (Å²) in [6, 6.07) is 10.1. The van der Waals surface area contributed by atoms with E-state index in [1.165, 1.54) is 5.56 Å². The summed E-state index contributed by atoms with van der Waals surface area (Å²) in [7, 11) is 1.59. The highest BCUT2D eigenvalue weighted by Gasteiger charge is 2.25. The smallest absolute Gasteiger partial charge is 0.324 e. The summed E-state index contributed by atoms with van der Waals surface area (Å²) in [6.07, 6.45) is 5.48. The molecule has 1 aromatic rings. The van der Waals surface area contributed by atoms with Crippen LogP contribution in [0.3, 0.4) is 0 Å². The summed E-state index contributed by atoms with van der Waals surface area (Å²) < 4.78 is 10.4. The van der Waals surface area contributed by atoms with Crippen molar-refractivity contribution in [3.63, 3.8) is 0 Å². The molecule has 1 atom stereocenters. The van der Waals surface area contributed by atoms with E-state index in [1.807, 2.05) is 25.1 Å². The van der Waals surface area contributed by atoms with Crippen LogP contribution in [0.25, 0.3) is 0 Å². The van der Waals surface area contributed by atoms with Gasteiger partial charge in [0.2, 0.25) is 5.91 Å². The van der Waals surface area contributed by atoms with Gasteiger partial charge in [-0.3, -0.25) is 10.1 Å². The van der Waals surface area contributed by atoms with Crippen LogP contribution < -0.4 is 5.32 Å². The molecule has 0 spiro atoms. The fraction of sp³-hybridized carbons (Fsp3) is 0.619. The van der Waals surface area contributed by atoms with E-state index in [9.17, 15) is 9.59 Å². The maximum absolute atomic E-state index is 12.3. The molecule has 0 bridgehead atoms. The molecule has 1 aromatic carbocycles. The third-order valence-electron chi connectivity index (χ3n) is 5.02. The van der Waals surface area contributed by atoms with Crippen molar-refractivity contribution in [2.24, 2.45) is 5.92 Å². The number of carbonyl (C=O) groups excluding carboxylic acids is 2. The number of piperidine rings is 1. The highest BCUT2D eigenvalue weighted by Crippen LogP contribution is 2.15. The van der Waals surface area contributed by atoms with Gasteiger partial charge in [-0.05, 0) is 37.7 Å². The van der Waals surface area contributed by atoms with Gasteiger partial charge in [0.25, 0.3) is 0 Å². The van der Waals surface area contributed by atoms with E-state index in [-0.39, 0.29) is 30.8 Å². The number of likely N-dealkylation sites (tertiary alicyclic amines) is 1. The minimum Gasteiger partial charge on any atom is -0.359 e. The number of urea groups is 1. The number of ether oxygens (including phenoxy) is 2. The summed E-state index contributed by atoms with van der Waals surface area (Å²) in [5.41, 5.74) is 1.32. The van der Waals surface area contributed by atoms with E-state index >= 15 is 0 Å². The Morgan fingerprint density at radius 3 is 2.56 bits per heavy atom. The molecular weight excluding hydrogens is 344 g/mol. The Morgan fingerprint density at radius 1 is 1.19 bits per heavy atom. The van der Waals surface area contributed by atoms with E-state index in [0.717, 1.165) is 38.5 Å². The SMILES string of the molecule is COCOC1CCN(C(=O)NC(=O)[C@H](C)CCCCc2ccccc2)CC1. The Bertz CT molecular complexity index is 571. The van der Waals surface area contributed by atoms with Crippen LogP contribution >= 0.6 is 0 Å². The minimum atomic E-state index is -0.290. The molecule has 2 rings (SSSR count). The molecule has 0 radical (unpaired) electrons. The van der Waals surface area contributed by atoms with E-state index in [1.54, 1.807) is 12.0 Å². The van der Waals surface area contributed by atoms with Gasteiger partial charge in [0.15, 0.2) is 0 Å². The Labute approximate surface area is 162 Å². The van der Waals surface area contributed by atoms with E-state index in [4.69, 9.17) is 9.47 Å². The topological polar surface area (TPSA) is 67.9 Å². The van der Waals surface area contributed by atoms with Crippen molar-refractivity contribution < 1.29 is 19.1 Å². The number of amides is 3. The molecule has 1 saturated heterocycles. The Hall–Kier alpha value is -1.92. The lowest BCUT2D eigenvalue weighted by Gasteiger charge is -2.31. The monoisotopic (exact) mass is 376 g/mol. The molecule has 0 aromatic heterocycles. The first-order valence-electron chi connectivity index (χ1n) is 9.84. The predicted molar refractivity (Wildman–Crippen MR) is 104 cm³/mol. The van der Waals surface area contributed by atoms with Crippen molar-refractivity contribution in [1.29, 1.82) is 0 Å². The number of benzene rings is 1. The van der Waals surface area contributed by atoms with Crippen LogP contribution in [0, 0.1) is 5.92 Å². The summed E-state index contributed by atoms with van der Waals surface area (Å²) in [4.78, 5) is 26.2. The van der Waals surface area contributed by atoms with Gasteiger partial charge in [0, 0.05) is 26.1 Å². The zero-order valence-corrected chi connectivity index (χ0v) is 16.5. The quantitative estimate of drug-likeness (QED) is 0.530. The number of unbranched alkanes of at least 4 members (excludes halogenated alkanes) is 1. The van der Waals surface area contributed by atoms with Crippen molar-refractivity contribution in [2.75, 3.05) is 27.0 Å². The van der Waals surface area contributed by atoms with Gasteiger partial charge in [0.05, 0.1) is 6.10 Å². The molecule has 0 unspecified atom stereocenters. The molecule has 0 saturated carbocycles. The Kier molecular flexibility index (Phi) is 9.28. The first-order chi connectivity index (χ1) is 13.1. The van der Waals surface area contributed by atoms with Crippen molar-refractivity contribution in [3.8, 4) is 0 Å². The standard InChI is InChI=1S/C21H32N2O4/c1-17(8-6-7-11-18-9-4-3-5-10-18)20(24)22-21(25)23-14-12-19(13-15-23)27-16-26-2/h3-5,9-10,17,19H,6-8,11-16H2,1-2H3,(H,22,24,25)/t17-/m1/s1. The van der Waals surface area contributed by atoms with E-state index < -0.39 is 0 Å². The van der Waals surface area contributed by atoms with Crippen LogP contribution in [-0.4, -0.2) is 49.9 Å². The van der Waals surface area contributed by atoms with Gasteiger partial charge in [0.1, 0.15) is 6.79 Å². The van der Waals surface area contributed by atoms with Crippen LogP contribution in [0.2, 0.25) is 0 Å². The largest absolute Gasteiger partial charge is 0.359 e. The molecule has 6 nitrogen and oxygen atoms in total. The average molecular weight is 376 g/mol. The lowest BCUT2D eigenvalue weighted by molar-refractivity contribution is -0.123. The van der Waals surface area contributed by atoms with Gasteiger partial charge < -0.3 is 14.4 Å². The molecule has 3 amide bonds. The normalized spacial score (nSPS) is 16.1. The zero-order valence-electron chi connectivity index (χ0n) is 16.5. The lowest BCUT2D eigenvalue weighted by atomic mass is 10.0. The van der Waals surface area contributed by atoms with Crippen LogP contribution in [0.5, 0.6) is 0 Å². The van der Waals surface area contributed by atoms with Crippen molar-refractivity contribution in [3.05, 3.63) is 35.9 Å². The summed E-state index contributed by atoms with van der Waals surface area (Å²) in [5, 5.41) is 2.55. The summed E-state index contributed by atoms with van der Waals surface area (Å²) >= 11 is 0. The molecule has 1 N–H and O–H groups in total. The number of carbonyl (C=O) groups is 2. The van der Waals surface area contributed by atoms with Crippen molar-refractivity contribution in [2.45, 2.75) is 51.6 Å². The Balaban J connectivity index is 1.61. The first-order valence-corrected chi connectivity index (χ1v) is 9.84. The lowest BCUT2D eigenvalue weighted by Crippen LogP contribution is -2.48. The van der Waals surface area contributed by atoms with E-state index in [0.29, 0.717) is 13.1 Å². The number of hydrogen-bond donors (Lipinski definition) is 1. The molecule has 1 aliphatic rings. The number of methoxy groups -OCH3 is 1. The Morgan fingerprint density at radius 2 is 1.89 bits per heavy atom. The predicted octanol–water partition coefficient (Wildman–Crippen LogP) is 3.36. The summed E-state index contributed by atoms with van der Waals surface area (Å²) in [5.74, 6) is -0.343. The fourth-order valence-corrected chi connectivity index (χ4v) is 3.25. The molecule has 150 valence electrons. The van der Waals surface area contributed by atoms with Crippen LogP contribution in [0.15, 0.2) is 30.3 Å². The highest BCUT2D eigenvalue weighted by atomic mass is 16.7. The van der Waals surface area contributed by atoms with E-state index in [2.05, 4.69) is 17.4 Å². The van der Waals surface area contributed by atoms with Crippen molar-refractivity contribution in [1.82, 2.24) is 10.2 Å². The third kappa shape index (κ3) is 7.69. The second-order valence-corrected chi connectivity index (χ2v) is 7.19. The van der Waals surface area contributed by atoms with Gasteiger partial charge >= 0.3 is 6.03 Å². The first kappa shape index (κ1) is 21.4. The fourth-order valence-electron chi connectivity index (χ4n) is 3.25. The highest BCUT2D eigenvalue weighted by molar-refractivity contribution is 5.95.